The second-order valence-corrected chi connectivity index (χ2v) is 9.20. The van der Waals surface area contributed by atoms with Crippen LogP contribution in [0.25, 0.3) is 6.08 Å². The molecule has 1 N–H and O–H groups in total. The fraction of sp³-hybridized carbons (Fsp3) is 0.217. The first-order chi connectivity index (χ1) is 15.8. The lowest BCUT2D eigenvalue weighted by molar-refractivity contribution is -0.140. The van der Waals surface area contributed by atoms with Crippen LogP contribution in [0.5, 0.6) is 11.5 Å². The van der Waals surface area contributed by atoms with E-state index in [1.54, 1.807) is 42.3 Å². The molecule has 2 saturated heterocycles. The van der Waals surface area contributed by atoms with E-state index in [2.05, 4.69) is 0 Å². The standard InChI is InChI=1S/C23H20N2O6S2/c1-24-16(13-30-22(24)29)10-14-2-6-17(7-3-14)31-18-8-4-15(5-9-18)11-19-21(28)25(12-20(26)27)23(32)33-19/h2-9,11,16H,10,12-13H2,1H3,(H,26,27)/b19-11+. The summed E-state index contributed by atoms with van der Waals surface area (Å²) in [6, 6.07) is 14.9. The predicted molar refractivity (Wildman–Crippen MR) is 127 cm³/mol. The van der Waals surface area contributed by atoms with E-state index in [0.29, 0.717) is 29.4 Å². The highest BCUT2D eigenvalue weighted by atomic mass is 32.2. The minimum absolute atomic E-state index is 0.0291. The number of hydrogen-bond donors (Lipinski definition) is 1. The third-order valence-corrected chi connectivity index (χ3v) is 6.59. The van der Waals surface area contributed by atoms with Crippen molar-refractivity contribution in [3.63, 3.8) is 0 Å². The van der Waals surface area contributed by atoms with Crippen molar-refractivity contribution in [3.05, 3.63) is 64.6 Å². The first kappa shape index (κ1) is 22.8. The molecule has 1 atom stereocenters. The Labute approximate surface area is 199 Å². The highest BCUT2D eigenvalue weighted by Gasteiger charge is 2.33. The number of ether oxygens (including phenoxy) is 2. The van der Waals surface area contributed by atoms with E-state index in [0.717, 1.165) is 27.8 Å². The van der Waals surface area contributed by atoms with Gasteiger partial charge in [0.25, 0.3) is 5.91 Å². The zero-order valence-electron chi connectivity index (χ0n) is 17.6. The number of hydrogen-bond acceptors (Lipinski definition) is 7. The van der Waals surface area contributed by atoms with Gasteiger partial charge in [-0.1, -0.05) is 48.2 Å². The molecule has 0 radical (unpaired) electrons. The van der Waals surface area contributed by atoms with Crippen LogP contribution in [0.15, 0.2) is 53.4 Å². The van der Waals surface area contributed by atoms with Crippen LogP contribution in [-0.4, -0.2) is 63.4 Å². The van der Waals surface area contributed by atoms with Gasteiger partial charge in [0.2, 0.25) is 0 Å². The maximum atomic E-state index is 12.4. The van der Waals surface area contributed by atoms with Gasteiger partial charge in [-0.15, -0.1) is 0 Å². The van der Waals surface area contributed by atoms with Crippen LogP contribution in [-0.2, 0) is 20.7 Å². The van der Waals surface area contributed by atoms with Gasteiger partial charge < -0.3 is 19.5 Å². The molecule has 2 aliphatic rings. The molecule has 4 rings (SSSR count). The highest BCUT2D eigenvalue weighted by Crippen LogP contribution is 2.33. The lowest BCUT2D eigenvalue weighted by atomic mass is 10.1. The highest BCUT2D eigenvalue weighted by molar-refractivity contribution is 8.26. The number of likely N-dealkylation sites (N-methyl/N-ethyl adjacent to an activating group) is 1. The van der Waals surface area contributed by atoms with Crippen LogP contribution in [0.3, 0.4) is 0 Å². The number of carbonyl (C=O) groups is 3. The van der Waals surface area contributed by atoms with E-state index in [4.69, 9.17) is 26.8 Å². The van der Waals surface area contributed by atoms with Gasteiger partial charge in [0.15, 0.2) is 0 Å². The second kappa shape index (κ2) is 9.63. The Kier molecular flexibility index (Phi) is 6.66. The summed E-state index contributed by atoms with van der Waals surface area (Å²) in [6.45, 7) is -0.0552. The summed E-state index contributed by atoms with van der Waals surface area (Å²) in [5.41, 5.74) is 1.85. The Balaban J connectivity index is 1.36. The van der Waals surface area contributed by atoms with Gasteiger partial charge in [0, 0.05) is 7.05 Å². The van der Waals surface area contributed by atoms with Gasteiger partial charge in [-0.05, 0) is 47.9 Å². The van der Waals surface area contributed by atoms with Crippen molar-refractivity contribution < 1.29 is 29.0 Å². The van der Waals surface area contributed by atoms with Crippen molar-refractivity contribution in [2.75, 3.05) is 20.2 Å². The van der Waals surface area contributed by atoms with Crippen LogP contribution >= 0.6 is 24.0 Å². The number of thiocarbonyl (C=S) groups is 1. The minimum atomic E-state index is -1.11. The maximum Gasteiger partial charge on any atom is 0.409 e. The molecule has 1 unspecified atom stereocenters. The van der Waals surface area contributed by atoms with Crippen LogP contribution in [0.4, 0.5) is 4.79 Å². The van der Waals surface area contributed by atoms with E-state index in [1.165, 1.54) is 0 Å². The number of carboxylic acid groups (broad SMARTS) is 1. The molecule has 10 heteroatoms. The Bertz CT molecular complexity index is 1130. The van der Waals surface area contributed by atoms with Gasteiger partial charge in [-0.3, -0.25) is 14.5 Å². The maximum absolute atomic E-state index is 12.4. The average Bonchev–Trinajstić information content (AvgIpc) is 3.24. The number of carboxylic acids is 1. The van der Waals surface area contributed by atoms with E-state index < -0.39 is 18.4 Å². The predicted octanol–water partition coefficient (Wildman–Crippen LogP) is 3.76. The Morgan fingerprint density at radius 3 is 2.39 bits per heavy atom. The number of aliphatic carboxylic acids is 1. The summed E-state index contributed by atoms with van der Waals surface area (Å²) in [7, 11) is 1.73. The van der Waals surface area contributed by atoms with Crippen LogP contribution in [0, 0.1) is 0 Å². The van der Waals surface area contributed by atoms with E-state index in [-0.39, 0.29) is 16.5 Å². The van der Waals surface area contributed by atoms with Crippen molar-refractivity contribution >= 4 is 52.3 Å². The quantitative estimate of drug-likeness (QED) is 0.469. The fourth-order valence-corrected chi connectivity index (χ4v) is 4.64. The van der Waals surface area contributed by atoms with Gasteiger partial charge in [0.1, 0.15) is 29.0 Å². The molecule has 2 aromatic rings. The van der Waals surface area contributed by atoms with Gasteiger partial charge in [-0.2, -0.15) is 0 Å². The third-order valence-electron chi connectivity index (χ3n) is 5.21. The molecule has 0 aromatic heterocycles. The Morgan fingerprint density at radius 1 is 1.18 bits per heavy atom. The number of cyclic esters (lactones) is 1. The lowest BCUT2D eigenvalue weighted by Gasteiger charge is -2.16. The summed E-state index contributed by atoms with van der Waals surface area (Å²) in [5, 5.41) is 8.92. The van der Waals surface area contributed by atoms with Crippen molar-refractivity contribution in [1.82, 2.24) is 9.80 Å². The number of thioether (sulfide) groups is 1. The molecule has 2 heterocycles. The zero-order chi connectivity index (χ0) is 23.5. The fourth-order valence-electron chi connectivity index (χ4n) is 3.38. The second-order valence-electron chi connectivity index (χ2n) is 7.52. The zero-order valence-corrected chi connectivity index (χ0v) is 19.2. The number of benzene rings is 2. The summed E-state index contributed by atoms with van der Waals surface area (Å²) in [6.07, 6.45) is 2.08. The molecular weight excluding hydrogens is 464 g/mol. The Morgan fingerprint density at radius 2 is 1.82 bits per heavy atom. The van der Waals surface area contributed by atoms with Crippen molar-refractivity contribution in [2.24, 2.45) is 0 Å². The molecule has 2 aromatic carbocycles. The Hall–Kier alpha value is -3.37. The molecule has 0 aliphatic carbocycles. The van der Waals surface area contributed by atoms with Crippen molar-refractivity contribution in [3.8, 4) is 11.5 Å². The van der Waals surface area contributed by atoms with E-state index >= 15 is 0 Å². The average molecular weight is 485 g/mol. The SMILES string of the molecule is CN1C(=O)OCC1Cc1ccc(Oc2ccc(/C=C3/SC(=S)N(CC(=O)O)C3=O)cc2)cc1. The molecule has 2 aliphatic heterocycles. The normalized spacial score (nSPS) is 19.4. The van der Waals surface area contributed by atoms with E-state index in [1.807, 2.05) is 24.3 Å². The molecule has 2 amide bonds. The molecule has 0 bridgehead atoms. The summed E-state index contributed by atoms with van der Waals surface area (Å²) < 4.78 is 11.2. The van der Waals surface area contributed by atoms with Gasteiger partial charge >= 0.3 is 12.1 Å². The first-order valence-electron chi connectivity index (χ1n) is 10.0. The third kappa shape index (κ3) is 5.35. The smallest absolute Gasteiger partial charge is 0.409 e. The van der Waals surface area contributed by atoms with Gasteiger partial charge in [0.05, 0.1) is 10.9 Å². The number of nitrogens with zero attached hydrogens (tertiary/aromatic N) is 2. The molecular formula is C23H20N2O6S2. The summed E-state index contributed by atoms with van der Waals surface area (Å²) >= 11 is 6.19. The molecule has 170 valence electrons. The van der Waals surface area contributed by atoms with Gasteiger partial charge in [-0.25, -0.2) is 4.79 Å². The van der Waals surface area contributed by atoms with Crippen LogP contribution in [0.1, 0.15) is 11.1 Å². The summed E-state index contributed by atoms with van der Waals surface area (Å²) in [5.74, 6) is -0.217. The first-order valence-corrected chi connectivity index (χ1v) is 11.3. The van der Waals surface area contributed by atoms with Crippen LogP contribution < -0.4 is 4.74 Å². The summed E-state index contributed by atoms with van der Waals surface area (Å²) in [4.78, 5) is 37.8. The molecule has 0 saturated carbocycles. The minimum Gasteiger partial charge on any atom is -0.480 e. The number of carbonyl (C=O) groups excluding carboxylic acids is 2. The van der Waals surface area contributed by atoms with Crippen molar-refractivity contribution in [1.29, 1.82) is 0 Å². The lowest BCUT2D eigenvalue weighted by Crippen LogP contribution is -2.33. The number of amides is 2. The number of rotatable bonds is 7. The topological polar surface area (TPSA) is 96.4 Å². The molecule has 0 spiro atoms. The monoisotopic (exact) mass is 484 g/mol. The molecule has 2 fully saturated rings. The largest absolute Gasteiger partial charge is 0.480 e. The molecule has 8 nitrogen and oxygen atoms in total. The van der Waals surface area contributed by atoms with Crippen LogP contribution in [0.2, 0.25) is 0 Å². The van der Waals surface area contributed by atoms with Crippen molar-refractivity contribution in [2.45, 2.75) is 12.5 Å². The van der Waals surface area contributed by atoms with E-state index in [9.17, 15) is 14.4 Å². The molecule has 33 heavy (non-hydrogen) atoms.